The highest BCUT2D eigenvalue weighted by Gasteiger charge is 2.03. The number of hydrogen-bond donors (Lipinski definition) is 3. The SMILES string of the molecule is O=C(C=Cc1cccc(NC(=O)CCCc2ccccc2)c1)NO. The number of carbonyl (C=O) groups is 2. The van der Waals surface area contributed by atoms with Crippen LogP contribution in [0.1, 0.15) is 24.0 Å². The Labute approximate surface area is 141 Å². The van der Waals surface area contributed by atoms with Crippen LogP contribution in [0.4, 0.5) is 5.69 Å². The van der Waals surface area contributed by atoms with Crippen molar-refractivity contribution in [3.8, 4) is 0 Å². The molecule has 0 saturated carbocycles. The summed E-state index contributed by atoms with van der Waals surface area (Å²) in [5.74, 6) is -0.648. The molecule has 2 aromatic rings. The first-order valence-corrected chi connectivity index (χ1v) is 7.73. The van der Waals surface area contributed by atoms with Crippen LogP contribution in [0, 0.1) is 0 Å². The lowest BCUT2D eigenvalue weighted by Gasteiger charge is -2.06. The molecule has 2 rings (SSSR count). The molecule has 0 bridgehead atoms. The molecular weight excluding hydrogens is 304 g/mol. The number of hydrogen-bond acceptors (Lipinski definition) is 3. The third kappa shape index (κ3) is 6.06. The molecule has 0 saturated heterocycles. The van der Waals surface area contributed by atoms with Crippen LogP contribution in [0.5, 0.6) is 0 Å². The number of hydroxylamine groups is 1. The van der Waals surface area contributed by atoms with Crippen molar-refractivity contribution in [2.45, 2.75) is 19.3 Å². The second-order valence-corrected chi connectivity index (χ2v) is 5.32. The Morgan fingerprint density at radius 1 is 1.04 bits per heavy atom. The van der Waals surface area contributed by atoms with Crippen LogP contribution < -0.4 is 10.8 Å². The lowest BCUT2D eigenvalue weighted by atomic mass is 10.1. The predicted molar refractivity (Wildman–Crippen MR) is 93.4 cm³/mol. The van der Waals surface area contributed by atoms with Crippen molar-refractivity contribution in [3.05, 3.63) is 71.8 Å². The summed E-state index contributed by atoms with van der Waals surface area (Å²) in [4.78, 5) is 23.0. The second-order valence-electron chi connectivity index (χ2n) is 5.32. The van der Waals surface area contributed by atoms with E-state index in [0.717, 1.165) is 18.4 Å². The van der Waals surface area contributed by atoms with E-state index in [-0.39, 0.29) is 5.91 Å². The standard InChI is InChI=1S/C19H20N2O3/c22-18(11-5-8-15-6-2-1-3-7-15)20-17-10-4-9-16(14-17)12-13-19(23)21-24/h1-4,6-7,9-10,12-14,24H,5,8,11H2,(H,20,22)(H,21,23). The molecule has 0 fully saturated rings. The predicted octanol–water partition coefficient (Wildman–Crippen LogP) is 3.17. The Kier molecular flexibility index (Phi) is 6.73. The van der Waals surface area contributed by atoms with E-state index in [9.17, 15) is 9.59 Å². The van der Waals surface area contributed by atoms with Crippen molar-refractivity contribution in [1.29, 1.82) is 0 Å². The van der Waals surface area contributed by atoms with Crippen LogP contribution in [0.25, 0.3) is 6.08 Å². The van der Waals surface area contributed by atoms with Crippen molar-refractivity contribution in [2.75, 3.05) is 5.32 Å². The van der Waals surface area contributed by atoms with Crippen molar-refractivity contribution < 1.29 is 14.8 Å². The van der Waals surface area contributed by atoms with Gasteiger partial charge in [0, 0.05) is 18.2 Å². The monoisotopic (exact) mass is 324 g/mol. The van der Waals surface area contributed by atoms with Crippen LogP contribution in [0.3, 0.4) is 0 Å². The summed E-state index contributed by atoms with van der Waals surface area (Å²) in [6.07, 6.45) is 4.86. The van der Waals surface area contributed by atoms with Crippen LogP contribution in [0.2, 0.25) is 0 Å². The van der Waals surface area contributed by atoms with E-state index in [1.54, 1.807) is 30.3 Å². The minimum atomic E-state index is -0.606. The molecule has 0 aliphatic heterocycles. The highest BCUT2D eigenvalue weighted by molar-refractivity contribution is 5.92. The molecule has 24 heavy (non-hydrogen) atoms. The molecule has 2 aromatic carbocycles. The topological polar surface area (TPSA) is 78.4 Å². The Morgan fingerprint density at radius 2 is 1.83 bits per heavy atom. The number of nitrogens with one attached hydrogen (secondary N) is 2. The molecule has 0 unspecified atom stereocenters. The molecular formula is C19H20N2O3. The largest absolute Gasteiger partial charge is 0.326 e. The quantitative estimate of drug-likeness (QED) is 0.416. The molecule has 0 aliphatic rings. The first-order valence-electron chi connectivity index (χ1n) is 7.73. The molecule has 0 radical (unpaired) electrons. The van der Waals surface area contributed by atoms with Gasteiger partial charge >= 0.3 is 0 Å². The Balaban J connectivity index is 1.83. The molecule has 2 amide bonds. The van der Waals surface area contributed by atoms with Gasteiger partial charge in [0.05, 0.1) is 0 Å². The van der Waals surface area contributed by atoms with Gasteiger partial charge in [-0.3, -0.25) is 14.8 Å². The van der Waals surface area contributed by atoms with Crippen LogP contribution in [-0.2, 0) is 16.0 Å². The van der Waals surface area contributed by atoms with Gasteiger partial charge in [0.25, 0.3) is 5.91 Å². The fourth-order valence-electron chi connectivity index (χ4n) is 2.25. The van der Waals surface area contributed by atoms with E-state index in [1.165, 1.54) is 17.1 Å². The highest BCUT2D eigenvalue weighted by atomic mass is 16.5. The molecule has 5 nitrogen and oxygen atoms in total. The maximum atomic E-state index is 12.0. The smallest absolute Gasteiger partial charge is 0.267 e. The lowest BCUT2D eigenvalue weighted by molar-refractivity contribution is -0.124. The van der Waals surface area contributed by atoms with Gasteiger partial charge in [-0.15, -0.1) is 0 Å². The van der Waals surface area contributed by atoms with E-state index in [1.807, 2.05) is 18.2 Å². The third-order valence-corrected chi connectivity index (χ3v) is 3.42. The van der Waals surface area contributed by atoms with Gasteiger partial charge in [-0.2, -0.15) is 0 Å². The molecule has 0 heterocycles. The first-order chi connectivity index (χ1) is 11.7. The van der Waals surface area contributed by atoms with E-state index in [0.29, 0.717) is 12.1 Å². The zero-order chi connectivity index (χ0) is 17.2. The zero-order valence-electron chi connectivity index (χ0n) is 13.2. The van der Waals surface area contributed by atoms with E-state index in [4.69, 9.17) is 5.21 Å². The Hall–Kier alpha value is -2.92. The van der Waals surface area contributed by atoms with Crippen LogP contribution in [-0.4, -0.2) is 17.0 Å². The normalized spacial score (nSPS) is 10.5. The molecule has 0 aliphatic carbocycles. The summed E-state index contributed by atoms with van der Waals surface area (Å²) in [5.41, 5.74) is 4.17. The van der Waals surface area contributed by atoms with Crippen molar-refractivity contribution >= 4 is 23.6 Å². The summed E-state index contributed by atoms with van der Waals surface area (Å²) in [6.45, 7) is 0. The highest BCUT2D eigenvalue weighted by Crippen LogP contribution is 2.13. The van der Waals surface area contributed by atoms with Crippen molar-refractivity contribution in [2.24, 2.45) is 0 Å². The molecule has 3 N–H and O–H groups in total. The zero-order valence-corrected chi connectivity index (χ0v) is 13.2. The lowest BCUT2D eigenvalue weighted by Crippen LogP contribution is -2.14. The van der Waals surface area contributed by atoms with Crippen LogP contribution >= 0.6 is 0 Å². The maximum Gasteiger partial charge on any atom is 0.267 e. The number of anilines is 1. The van der Waals surface area contributed by atoms with Gasteiger partial charge in [-0.25, -0.2) is 5.48 Å². The number of rotatable bonds is 7. The third-order valence-electron chi connectivity index (χ3n) is 3.42. The minimum Gasteiger partial charge on any atom is -0.326 e. The Bertz CT molecular complexity index is 712. The molecule has 0 spiro atoms. The molecule has 5 heteroatoms. The van der Waals surface area contributed by atoms with Gasteiger partial charge in [0.2, 0.25) is 5.91 Å². The van der Waals surface area contributed by atoms with E-state index < -0.39 is 5.91 Å². The second kappa shape index (κ2) is 9.27. The number of aryl methyl sites for hydroxylation is 1. The van der Waals surface area contributed by atoms with Gasteiger partial charge in [0.15, 0.2) is 0 Å². The molecule has 124 valence electrons. The summed E-state index contributed by atoms with van der Waals surface area (Å²) in [6, 6.07) is 17.2. The fourth-order valence-corrected chi connectivity index (χ4v) is 2.25. The van der Waals surface area contributed by atoms with Gasteiger partial charge < -0.3 is 5.32 Å². The fraction of sp³-hybridized carbons (Fsp3) is 0.158. The van der Waals surface area contributed by atoms with Gasteiger partial charge in [0.1, 0.15) is 0 Å². The van der Waals surface area contributed by atoms with Gasteiger partial charge in [-0.1, -0.05) is 42.5 Å². The minimum absolute atomic E-state index is 0.0415. The number of carbonyl (C=O) groups excluding carboxylic acids is 2. The van der Waals surface area contributed by atoms with E-state index in [2.05, 4.69) is 17.4 Å². The van der Waals surface area contributed by atoms with Gasteiger partial charge in [-0.05, 0) is 42.2 Å². The summed E-state index contributed by atoms with van der Waals surface area (Å²) in [5, 5.41) is 11.3. The summed E-state index contributed by atoms with van der Waals surface area (Å²) < 4.78 is 0. The number of amides is 2. The number of benzene rings is 2. The average Bonchev–Trinajstić information content (AvgIpc) is 2.61. The maximum absolute atomic E-state index is 12.0. The van der Waals surface area contributed by atoms with Crippen molar-refractivity contribution in [3.63, 3.8) is 0 Å². The van der Waals surface area contributed by atoms with Crippen molar-refractivity contribution in [1.82, 2.24) is 5.48 Å². The molecule has 0 atom stereocenters. The molecule has 0 aromatic heterocycles. The summed E-state index contributed by atoms with van der Waals surface area (Å²) >= 11 is 0. The van der Waals surface area contributed by atoms with Crippen LogP contribution in [0.15, 0.2) is 60.7 Å². The summed E-state index contributed by atoms with van der Waals surface area (Å²) in [7, 11) is 0. The van der Waals surface area contributed by atoms with E-state index >= 15 is 0 Å². The average molecular weight is 324 g/mol. The Morgan fingerprint density at radius 3 is 2.58 bits per heavy atom. The first kappa shape index (κ1) is 17.4.